The van der Waals surface area contributed by atoms with Crippen LogP contribution in [0.15, 0.2) is 261 Å². The number of benzene rings is 10. The molecule has 0 unspecified atom stereocenters. The molecule has 0 amide bonds. The van der Waals surface area contributed by atoms with E-state index in [1.165, 1.54) is 20.7 Å². The van der Waals surface area contributed by atoms with Crippen molar-refractivity contribution in [3.63, 3.8) is 0 Å². The molecule has 12 aromatic rings. The van der Waals surface area contributed by atoms with Crippen LogP contribution in [0.5, 0.6) is 0 Å². The molecule has 0 bridgehead atoms. The predicted molar refractivity (Wildman–Crippen MR) is 291 cm³/mol. The summed E-state index contributed by atoms with van der Waals surface area (Å²) in [7, 11) is -2.91. The van der Waals surface area contributed by atoms with Gasteiger partial charge in [0, 0.05) is 33.2 Å². The normalized spacial score (nSPS) is 11.4. The van der Waals surface area contributed by atoms with Crippen LogP contribution < -0.4 is 20.7 Å². The van der Waals surface area contributed by atoms with Gasteiger partial charge in [-0.2, -0.15) is 0 Å². The zero-order chi connectivity index (χ0) is 46.9. The van der Waals surface area contributed by atoms with Gasteiger partial charge in [0.05, 0.1) is 17.6 Å². The molecule has 0 saturated heterocycles. The summed E-state index contributed by atoms with van der Waals surface area (Å²) in [5.41, 5.74) is 10.7. The van der Waals surface area contributed by atoms with E-state index in [0.717, 1.165) is 66.4 Å². The molecule has 0 spiro atoms. The second kappa shape index (κ2) is 18.1. The molecule has 6 heteroatoms. The molecular formula is C64H43N5Si. The van der Waals surface area contributed by atoms with Crippen molar-refractivity contribution in [2.24, 2.45) is 0 Å². The van der Waals surface area contributed by atoms with Crippen LogP contribution in [0.25, 0.3) is 88.8 Å². The number of hydrogen-bond acceptors (Lipinski definition) is 3. The van der Waals surface area contributed by atoms with Crippen LogP contribution in [-0.4, -0.2) is 27.6 Å². The number of fused-ring (bicyclic) bond motifs is 3. The summed E-state index contributed by atoms with van der Waals surface area (Å²) >= 11 is 0. The fraction of sp³-hybridized carbons (Fsp3) is 0. The summed E-state index contributed by atoms with van der Waals surface area (Å²) in [4.78, 5) is 19.4. The number of rotatable bonds is 10. The lowest BCUT2D eigenvalue weighted by molar-refractivity contribution is 1.07. The highest BCUT2D eigenvalue weighted by molar-refractivity contribution is 7.19. The summed E-state index contributed by atoms with van der Waals surface area (Å²) in [5.74, 6) is 1.81. The third kappa shape index (κ3) is 7.48. The van der Waals surface area contributed by atoms with Crippen LogP contribution in [0.1, 0.15) is 0 Å². The van der Waals surface area contributed by atoms with E-state index < -0.39 is 8.07 Å². The molecule has 12 rings (SSSR count). The Morgan fingerprint density at radius 3 is 1.43 bits per heavy atom. The quantitative estimate of drug-likeness (QED) is 0.0780. The first-order valence-electron chi connectivity index (χ1n) is 23.5. The predicted octanol–water partition coefficient (Wildman–Crippen LogP) is 13.2. The highest BCUT2D eigenvalue weighted by atomic mass is 28.3. The minimum absolute atomic E-state index is 0.589. The number of aromatic nitrogens is 4. The largest absolute Gasteiger partial charge is 0.309 e. The van der Waals surface area contributed by atoms with Gasteiger partial charge in [0.1, 0.15) is 0 Å². The lowest BCUT2D eigenvalue weighted by Crippen LogP contribution is -2.74. The van der Waals surface area contributed by atoms with Crippen molar-refractivity contribution in [1.82, 2.24) is 19.5 Å². The van der Waals surface area contributed by atoms with E-state index in [4.69, 9.17) is 21.5 Å². The Morgan fingerprint density at radius 1 is 0.329 bits per heavy atom. The maximum absolute atomic E-state index is 7.66. The van der Waals surface area contributed by atoms with E-state index in [9.17, 15) is 0 Å². The van der Waals surface area contributed by atoms with Crippen molar-refractivity contribution < 1.29 is 0 Å². The number of nitrogens with zero attached hydrogens (tertiary/aromatic N) is 5. The lowest BCUT2D eigenvalue weighted by atomic mass is 9.98. The van der Waals surface area contributed by atoms with Gasteiger partial charge in [0.25, 0.3) is 0 Å². The van der Waals surface area contributed by atoms with Crippen molar-refractivity contribution in [1.29, 1.82) is 0 Å². The molecule has 0 fully saturated rings. The Kier molecular flexibility index (Phi) is 10.9. The third-order valence-corrected chi connectivity index (χ3v) is 18.2. The van der Waals surface area contributed by atoms with Gasteiger partial charge in [-0.05, 0) is 85.5 Å². The maximum Gasteiger partial charge on any atom is 0.187 e. The van der Waals surface area contributed by atoms with Gasteiger partial charge >= 0.3 is 0 Å². The first-order chi connectivity index (χ1) is 34.7. The third-order valence-electron chi connectivity index (χ3n) is 13.4. The lowest BCUT2D eigenvalue weighted by Gasteiger charge is -2.34. The van der Waals surface area contributed by atoms with Gasteiger partial charge in [-0.3, -0.25) is 0 Å². The van der Waals surface area contributed by atoms with Crippen LogP contribution in [0, 0.1) is 6.57 Å². The minimum atomic E-state index is -2.91. The van der Waals surface area contributed by atoms with E-state index in [2.05, 4.69) is 216 Å². The van der Waals surface area contributed by atoms with Crippen molar-refractivity contribution in [3.05, 3.63) is 272 Å². The van der Waals surface area contributed by atoms with Crippen LogP contribution in [0.2, 0.25) is 0 Å². The van der Waals surface area contributed by atoms with Crippen LogP contribution >= 0.6 is 0 Å². The molecule has 0 radical (unpaired) electrons. The van der Waals surface area contributed by atoms with Crippen molar-refractivity contribution >= 4 is 56.3 Å². The molecule has 0 atom stereocenters. The van der Waals surface area contributed by atoms with Crippen molar-refractivity contribution in [2.75, 3.05) is 0 Å². The van der Waals surface area contributed by atoms with E-state index in [0.29, 0.717) is 23.2 Å². The molecule has 2 heterocycles. The van der Waals surface area contributed by atoms with Crippen LogP contribution in [-0.2, 0) is 0 Å². The highest BCUT2D eigenvalue weighted by Crippen LogP contribution is 2.39. The molecule has 0 aliphatic carbocycles. The van der Waals surface area contributed by atoms with E-state index in [-0.39, 0.29) is 0 Å². The van der Waals surface area contributed by atoms with E-state index in [1.807, 2.05) is 54.6 Å². The van der Waals surface area contributed by atoms with Gasteiger partial charge in [-0.1, -0.05) is 218 Å². The fourth-order valence-electron chi connectivity index (χ4n) is 10.2. The van der Waals surface area contributed by atoms with Crippen molar-refractivity contribution in [2.45, 2.75) is 0 Å². The van der Waals surface area contributed by atoms with Gasteiger partial charge < -0.3 is 4.57 Å². The van der Waals surface area contributed by atoms with Gasteiger partial charge in [0.2, 0.25) is 0 Å². The molecule has 0 aliphatic heterocycles. The fourth-order valence-corrected chi connectivity index (χ4v) is 15.0. The van der Waals surface area contributed by atoms with Crippen LogP contribution in [0.4, 0.5) is 5.69 Å². The Balaban J connectivity index is 1.13. The number of para-hydroxylation sites is 1. The van der Waals surface area contributed by atoms with Gasteiger partial charge in [0.15, 0.2) is 31.2 Å². The second-order valence-electron chi connectivity index (χ2n) is 17.4. The Morgan fingerprint density at radius 2 is 0.814 bits per heavy atom. The van der Waals surface area contributed by atoms with Crippen molar-refractivity contribution in [3.8, 4) is 62.1 Å². The molecule has 0 saturated carbocycles. The highest BCUT2D eigenvalue weighted by Gasteiger charge is 2.41. The average molecular weight is 910 g/mol. The Hall–Kier alpha value is -9.28. The topological polar surface area (TPSA) is 48.0 Å². The molecule has 2 aromatic heterocycles. The molecule has 0 N–H and O–H groups in total. The first kappa shape index (κ1) is 42.1. The van der Waals surface area contributed by atoms with Gasteiger partial charge in [-0.15, -0.1) is 0 Å². The monoisotopic (exact) mass is 909 g/mol. The standard InChI is InChI=1S/C64H43N5Si/c1-65-50-27-19-25-47(41-50)48-37-40-61-59(43-48)56-35-17-18-36-60(56)69(61)51-38-39-57(64-67-62(45-21-7-2-8-22-45)66-63(68-64)46-23-9-3-10-24-46)58(44-51)49-26-20-34-55(42-49)70(52-28-11-4-12-29-52,53-30-13-5-14-31-53)54-32-15-6-16-33-54/h2-44H. The van der Waals surface area contributed by atoms with E-state index in [1.54, 1.807) is 0 Å². The molecule has 70 heavy (non-hydrogen) atoms. The number of hydrogen-bond donors (Lipinski definition) is 0. The Labute approximate surface area is 408 Å². The summed E-state index contributed by atoms with van der Waals surface area (Å²) in [6, 6.07) is 92.6. The molecule has 0 aliphatic rings. The average Bonchev–Trinajstić information content (AvgIpc) is 3.78. The van der Waals surface area contributed by atoms with E-state index >= 15 is 0 Å². The maximum atomic E-state index is 7.66. The second-order valence-corrected chi connectivity index (χ2v) is 21.3. The Bertz CT molecular complexity index is 3730. The summed E-state index contributed by atoms with van der Waals surface area (Å²) < 4.78 is 2.37. The summed E-state index contributed by atoms with van der Waals surface area (Å²) in [6.45, 7) is 7.66. The minimum Gasteiger partial charge on any atom is -0.309 e. The zero-order valence-electron chi connectivity index (χ0n) is 38.1. The van der Waals surface area contributed by atoms with Crippen LogP contribution in [0.3, 0.4) is 0 Å². The molecule has 10 aromatic carbocycles. The molecule has 328 valence electrons. The summed E-state index contributed by atoms with van der Waals surface area (Å²) in [6.07, 6.45) is 0. The molecule has 5 nitrogen and oxygen atoms in total. The first-order valence-corrected chi connectivity index (χ1v) is 25.5. The summed E-state index contributed by atoms with van der Waals surface area (Å²) in [5, 5.41) is 7.47. The van der Waals surface area contributed by atoms with Gasteiger partial charge in [-0.25, -0.2) is 19.8 Å². The zero-order valence-corrected chi connectivity index (χ0v) is 39.1. The SMILES string of the molecule is [C-]#[N+]c1cccc(-c2ccc3c(c2)c2ccccc2n3-c2ccc(-c3nc(-c4ccccc4)nc(-c4ccccc4)n3)c(-c3cccc([Si](c4ccccc4)(c4ccccc4)c4ccccc4)c3)c2)c1. The smallest absolute Gasteiger partial charge is 0.187 e. The molecular weight excluding hydrogens is 867 g/mol.